The van der Waals surface area contributed by atoms with Gasteiger partial charge in [0.1, 0.15) is 23.8 Å². The molecule has 0 saturated carbocycles. The van der Waals surface area contributed by atoms with Crippen molar-refractivity contribution in [3.05, 3.63) is 6.33 Å². The molecule has 4 atom stereocenters. The van der Waals surface area contributed by atoms with Crippen LogP contribution in [0.25, 0.3) is 11.2 Å². The van der Waals surface area contributed by atoms with Crippen LogP contribution in [0.5, 0.6) is 0 Å². The fourth-order valence-corrected chi connectivity index (χ4v) is 2.30. The molecule has 1 aliphatic heterocycles. The Bertz CT molecular complexity index is 662. The number of nitrogens with one attached hydrogen (secondary N) is 1. The first kappa shape index (κ1) is 13.9. The SMILES string of the molecule is NNc1nc(N)c2ncn(C3O[C@H](CO)[C@@H](O)[C@H]3O)c2n1. The minimum absolute atomic E-state index is 0.0773. The number of aliphatic hydroxyl groups is 3. The third-order valence-electron chi connectivity index (χ3n) is 3.37. The van der Waals surface area contributed by atoms with E-state index in [1.165, 1.54) is 10.9 Å². The number of hydrazine groups is 1. The van der Waals surface area contributed by atoms with Crippen molar-refractivity contribution >= 4 is 22.9 Å². The van der Waals surface area contributed by atoms with Gasteiger partial charge >= 0.3 is 0 Å². The minimum atomic E-state index is -1.25. The number of nitrogen functional groups attached to an aromatic ring is 2. The number of aromatic nitrogens is 4. The number of rotatable bonds is 3. The van der Waals surface area contributed by atoms with Crippen LogP contribution < -0.4 is 17.0 Å². The summed E-state index contributed by atoms with van der Waals surface area (Å²) in [5.74, 6) is 5.45. The van der Waals surface area contributed by atoms with Crippen LogP contribution >= 0.6 is 0 Å². The van der Waals surface area contributed by atoms with Crippen molar-refractivity contribution < 1.29 is 20.1 Å². The van der Waals surface area contributed by atoms with Crippen LogP contribution in [0, 0.1) is 0 Å². The van der Waals surface area contributed by atoms with E-state index in [4.69, 9.17) is 21.4 Å². The highest BCUT2D eigenvalue weighted by Crippen LogP contribution is 2.32. The second kappa shape index (κ2) is 5.05. The molecule has 1 fully saturated rings. The lowest BCUT2D eigenvalue weighted by Crippen LogP contribution is -2.33. The maximum atomic E-state index is 10.0. The average molecular weight is 297 g/mol. The number of nitrogens with two attached hydrogens (primary N) is 2. The summed E-state index contributed by atoms with van der Waals surface area (Å²) in [4.78, 5) is 12.1. The van der Waals surface area contributed by atoms with Crippen LogP contribution in [-0.2, 0) is 4.74 Å². The molecule has 1 unspecified atom stereocenters. The van der Waals surface area contributed by atoms with E-state index in [1.807, 2.05) is 0 Å². The summed E-state index contributed by atoms with van der Waals surface area (Å²) in [5, 5.41) is 28.9. The van der Waals surface area contributed by atoms with Gasteiger partial charge in [0.25, 0.3) is 0 Å². The summed E-state index contributed by atoms with van der Waals surface area (Å²) in [7, 11) is 0. The number of hydrogen-bond acceptors (Lipinski definition) is 10. The Morgan fingerprint density at radius 1 is 1.33 bits per heavy atom. The molecule has 2 aromatic heterocycles. The molecule has 11 heteroatoms. The van der Waals surface area contributed by atoms with Gasteiger partial charge in [-0.1, -0.05) is 0 Å². The van der Waals surface area contributed by atoms with E-state index in [0.29, 0.717) is 5.52 Å². The number of nitrogens with zero attached hydrogens (tertiary/aromatic N) is 4. The molecule has 0 spiro atoms. The molecule has 0 amide bonds. The number of imidazole rings is 1. The molecule has 0 aliphatic carbocycles. The number of fused-ring (bicyclic) bond motifs is 1. The van der Waals surface area contributed by atoms with Crippen molar-refractivity contribution in [2.24, 2.45) is 5.84 Å². The topological polar surface area (TPSA) is 178 Å². The van der Waals surface area contributed by atoms with Gasteiger partial charge in [0.05, 0.1) is 12.9 Å². The summed E-state index contributed by atoms with van der Waals surface area (Å²) in [6, 6.07) is 0. The van der Waals surface area contributed by atoms with Gasteiger partial charge in [-0.25, -0.2) is 10.8 Å². The normalized spacial score (nSPS) is 29.1. The molecule has 1 saturated heterocycles. The summed E-state index contributed by atoms with van der Waals surface area (Å²) < 4.78 is 6.82. The van der Waals surface area contributed by atoms with E-state index in [9.17, 15) is 10.2 Å². The predicted octanol–water partition coefficient (Wildman–Crippen LogP) is -2.69. The lowest BCUT2D eigenvalue weighted by Gasteiger charge is -2.16. The second-order valence-electron chi connectivity index (χ2n) is 4.63. The minimum Gasteiger partial charge on any atom is -0.394 e. The highest BCUT2D eigenvalue weighted by molar-refractivity contribution is 5.82. The number of ether oxygens (including phenoxy) is 1. The van der Waals surface area contributed by atoms with Crippen LogP contribution in [0.1, 0.15) is 6.23 Å². The smallest absolute Gasteiger partial charge is 0.241 e. The molecule has 0 radical (unpaired) electrons. The Labute approximate surface area is 118 Å². The van der Waals surface area contributed by atoms with E-state index in [0.717, 1.165) is 0 Å². The number of anilines is 2. The Kier molecular flexibility index (Phi) is 3.35. The van der Waals surface area contributed by atoms with E-state index in [-0.39, 0.29) is 17.4 Å². The van der Waals surface area contributed by atoms with Crippen molar-refractivity contribution in [1.82, 2.24) is 19.5 Å². The molecule has 8 N–H and O–H groups in total. The quantitative estimate of drug-likeness (QED) is 0.258. The van der Waals surface area contributed by atoms with Crippen molar-refractivity contribution in [3.63, 3.8) is 0 Å². The van der Waals surface area contributed by atoms with Gasteiger partial charge in [0.15, 0.2) is 17.7 Å². The molecule has 3 rings (SSSR count). The molecule has 21 heavy (non-hydrogen) atoms. The lowest BCUT2D eigenvalue weighted by atomic mass is 10.1. The summed E-state index contributed by atoms with van der Waals surface area (Å²) in [6.07, 6.45) is -2.96. The maximum absolute atomic E-state index is 10.0. The molecule has 3 heterocycles. The Hall–Kier alpha value is -2.05. The zero-order valence-corrected chi connectivity index (χ0v) is 10.8. The van der Waals surface area contributed by atoms with Crippen LogP contribution in [0.15, 0.2) is 6.33 Å². The van der Waals surface area contributed by atoms with Gasteiger partial charge in [-0.3, -0.25) is 9.99 Å². The first-order valence-corrected chi connectivity index (χ1v) is 6.16. The molecule has 114 valence electrons. The first-order valence-electron chi connectivity index (χ1n) is 6.16. The van der Waals surface area contributed by atoms with Crippen molar-refractivity contribution in [1.29, 1.82) is 0 Å². The molecule has 1 aliphatic rings. The number of hydrogen-bond donors (Lipinski definition) is 6. The maximum Gasteiger partial charge on any atom is 0.241 e. The van der Waals surface area contributed by atoms with Crippen LogP contribution in [0.2, 0.25) is 0 Å². The van der Waals surface area contributed by atoms with Gasteiger partial charge in [0.2, 0.25) is 5.95 Å². The molecule has 2 aromatic rings. The Morgan fingerprint density at radius 3 is 2.71 bits per heavy atom. The first-order chi connectivity index (χ1) is 10.1. The van der Waals surface area contributed by atoms with Gasteiger partial charge < -0.3 is 25.8 Å². The zero-order chi connectivity index (χ0) is 15.1. The zero-order valence-electron chi connectivity index (χ0n) is 10.8. The van der Waals surface area contributed by atoms with Gasteiger partial charge in [-0.05, 0) is 0 Å². The molecule has 0 bridgehead atoms. The third-order valence-corrected chi connectivity index (χ3v) is 3.37. The highest BCUT2D eigenvalue weighted by Gasteiger charge is 2.44. The van der Waals surface area contributed by atoms with Crippen LogP contribution in [-0.4, -0.2) is 59.8 Å². The number of aliphatic hydroxyl groups excluding tert-OH is 3. The van der Waals surface area contributed by atoms with E-state index in [1.54, 1.807) is 0 Å². The van der Waals surface area contributed by atoms with Crippen molar-refractivity contribution in [2.45, 2.75) is 24.5 Å². The molecular weight excluding hydrogens is 282 g/mol. The second-order valence-corrected chi connectivity index (χ2v) is 4.63. The summed E-state index contributed by atoms with van der Waals surface area (Å²) in [5.41, 5.74) is 8.61. The summed E-state index contributed by atoms with van der Waals surface area (Å²) in [6.45, 7) is -0.423. The van der Waals surface area contributed by atoms with Crippen LogP contribution in [0.3, 0.4) is 0 Å². The van der Waals surface area contributed by atoms with Gasteiger partial charge in [-0.2, -0.15) is 9.97 Å². The van der Waals surface area contributed by atoms with E-state index in [2.05, 4.69) is 20.4 Å². The molecule has 0 aromatic carbocycles. The monoisotopic (exact) mass is 297 g/mol. The largest absolute Gasteiger partial charge is 0.394 e. The fourth-order valence-electron chi connectivity index (χ4n) is 2.30. The van der Waals surface area contributed by atoms with Crippen molar-refractivity contribution in [3.8, 4) is 0 Å². The third kappa shape index (κ3) is 2.07. The Morgan fingerprint density at radius 2 is 2.10 bits per heavy atom. The standard InChI is InChI=1S/C10H15N7O4/c11-7-4-8(15-10(14-7)16-12)17(2-13-4)9-6(20)5(19)3(1-18)21-9/h2-3,5-6,9,18-20H,1,12H2,(H3,11,14,15,16)/t3-,5-,6-,9?/m1/s1. The molecular formula is C10H15N7O4. The molecule has 11 nitrogen and oxygen atoms in total. The fraction of sp³-hybridized carbons (Fsp3) is 0.500. The van der Waals surface area contributed by atoms with Crippen molar-refractivity contribution in [2.75, 3.05) is 17.8 Å². The van der Waals surface area contributed by atoms with Crippen LogP contribution in [0.4, 0.5) is 11.8 Å². The highest BCUT2D eigenvalue weighted by atomic mass is 16.6. The summed E-state index contributed by atoms with van der Waals surface area (Å²) >= 11 is 0. The average Bonchev–Trinajstić information content (AvgIpc) is 3.02. The van der Waals surface area contributed by atoms with Gasteiger partial charge in [0, 0.05) is 0 Å². The predicted molar refractivity (Wildman–Crippen MR) is 70.6 cm³/mol. The van der Waals surface area contributed by atoms with E-state index < -0.39 is 31.1 Å². The van der Waals surface area contributed by atoms with E-state index >= 15 is 0 Å². The Balaban J connectivity index is 2.07. The van der Waals surface area contributed by atoms with Gasteiger partial charge in [-0.15, -0.1) is 0 Å². The lowest BCUT2D eigenvalue weighted by molar-refractivity contribution is -0.0511.